The maximum absolute atomic E-state index is 11.3. The summed E-state index contributed by atoms with van der Waals surface area (Å²) < 4.78 is 1.97. The Bertz CT molecular complexity index is 1020. The Labute approximate surface area is 161 Å². The summed E-state index contributed by atoms with van der Waals surface area (Å²) >= 11 is 12.1. The molecule has 0 amide bonds. The molecule has 4 nitrogen and oxygen atoms in total. The third-order valence-electron chi connectivity index (χ3n) is 4.10. The number of aromatic nitrogens is 1. The van der Waals surface area contributed by atoms with Crippen LogP contribution in [0.2, 0.25) is 10.0 Å². The summed E-state index contributed by atoms with van der Waals surface area (Å²) in [5.74, 6) is -1.06. The van der Waals surface area contributed by atoms with Crippen LogP contribution in [-0.4, -0.2) is 21.9 Å². The summed E-state index contributed by atoms with van der Waals surface area (Å²) in [6.07, 6.45) is 1.76. The van der Waals surface area contributed by atoms with E-state index in [4.69, 9.17) is 23.2 Å². The Morgan fingerprint density at radius 3 is 2.50 bits per heavy atom. The second kappa shape index (κ2) is 7.36. The Hall–Kier alpha value is -2.56. The van der Waals surface area contributed by atoms with E-state index in [9.17, 15) is 9.90 Å². The van der Waals surface area contributed by atoms with Crippen molar-refractivity contribution >= 4 is 41.1 Å². The van der Waals surface area contributed by atoms with Gasteiger partial charge >= 0.3 is 5.97 Å². The molecule has 1 N–H and O–H groups in total. The number of aryl methyl sites for hydroxylation is 1. The van der Waals surface area contributed by atoms with Gasteiger partial charge in [0.15, 0.2) is 0 Å². The number of nitrogens with zero attached hydrogens (tertiary/aromatic N) is 2. The molecule has 1 heterocycles. The van der Waals surface area contributed by atoms with Crippen molar-refractivity contribution in [2.45, 2.75) is 13.8 Å². The van der Waals surface area contributed by atoms with Gasteiger partial charge in [-0.3, -0.25) is 4.99 Å². The van der Waals surface area contributed by atoms with E-state index in [1.54, 1.807) is 30.5 Å². The molecule has 0 spiro atoms. The predicted octanol–water partition coefficient (Wildman–Crippen LogP) is 5.85. The number of hydrogen-bond acceptors (Lipinski definition) is 2. The van der Waals surface area contributed by atoms with Crippen molar-refractivity contribution in [3.63, 3.8) is 0 Å². The van der Waals surface area contributed by atoms with E-state index in [0.717, 1.165) is 22.6 Å². The van der Waals surface area contributed by atoms with Crippen LogP contribution in [0, 0.1) is 13.8 Å². The molecule has 0 atom stereocenters. The maximum Gasteiger partial charge on any atom is 0.337 e. The number of carboxylic acid groups (broad SMARTS) is 1. The SMILES string of the molecule is Cc1cc(C=Nc2ccccc2Cl)c(C)n1-c1ccc(Cl)c(C(=O)O)c1. The van der Waals surface area contributed by atoms with Gasteiger partial charge in [-0.2, -0.15) is 0 Å². The summed E-state index contributed by atoms with van der Waals surface area (Å²) in [7, 11) is 0. The van der Waals surface area contributed by atoms with E-state index in [-0.39, 0.29) is 10.6 Å². The molecule has 0 saturated heterocycles. The molecule has 3 rings (SSSR count). The van der Waals surface area contributed by atoms with Gasteiger partial charge in [-0.05, 0) is 50.2 Å². The molecule has 0 fully saturated rings. The molecule has 132 valence electrons. The topological polar surface area (TPSA) is 54.6 Å². The van der Waals surface area contributed by atoms with Gasteiger partial charge in [0, 0.05) is 28.9 Å². The zero-order valence-corrected chi connectivity index (χ0v) is 15.7. The number of rotatable bonds is 4. The number of aromatic carboxylic acids is 1. The van der Waals surface area contributed by atoms with Crippen LogP contribution < -0.4 is 0 Å². The van der Waals surface area contributed by atoms with E-state index in [1.807, 2.05) is 42.7 Å². The molecule has 6 heteroatoms. The van der Waals surface area contributed by atoms with Gasteiger partial charge in [0.25, 0.3) is 0 Å². The molecule has 0 aliphatic heterocycles. The molecule has 0 aliphatic carbocycles. The van der Waals surface area contributed by atoms with Gasteiger partial charge in [-0.15, -0.1) is 0 Å². The Balaban J connectivity index is 2.03. The number of benzene rings is 2. The number of carbonyl (C=O) groups is 1. The van der Waals surface area contributed by atoms with Crippen molar-refractivity contribution in [3.8, 4) is 5.69 Å². The van der Waals surface area contributed by atoms with Gasteiger partial charge in [-0.1, -0.05) is 35.3 Å². The molecular formula is C20H16Cl2N2O2. The lowest BCUT2D eigenvalue weighted by Crippen LogP contribution is -2.03. The molecule has 2 aromatic carbocycles. The summed E-state index contributed by atoms with van der Waals surface area (Å²) in [4.78, 5) is 15.8. The smallest absolute Gasteiger partial charge is 0.337 e. The molecule has 0 aliphatic rings. The average molecular weight is 387 g/mol. The summed E-state index contributed by atoms with van der Waals surface area (Å²) in [5.41, 5.74) is 4.33. The lowest BCUT2D eigenvalue weighted by molar-refractivity contribution is 0.0697. The van der Waals surface area contributed by atoms with Gasteiger partial charge in [0.2, 0.25) is 0 Å². The zero-order valence-electron chi connectivity index (χ0n) is 14.2. The highest BCUT2D eigenvalue weighted by Gasteiger charge is 2.14. The van der Waals surface area contributed by atoms with Crippen LogP contribution in [0.1, 0.15) is 27.3 Å². The van der Waals surface area contributed by atoms with E-state index >= 15 is 0 Å². The van der Waals surface area contributed by atoms with Crippen LogP contribution in [0.5, 0.6) is 0 Å². The van der Waals surface area contributed by atoms with Gasteiger partial charge < -0.3 is 9.67 Å². The fraction of sp³-hybridized carbons (Fsp3) is 0.100. The minimum absolute atomic E-state index is 0.0722. The molecule has 1 aromatic heterocycles. The zero-order chi connectivity index (χ0) is 18.8. The van der Waals surface area contributed by atoms with Crippen LogP contribution in [0.15, 0.2) is 53.5 Å². The fourth-order valence-corrected chi connectivity index (χ4v) is 3.21. The van der Waals surface area contributed by atoms with E-state index < -0.39 is 5.97 Å². The van der Waals surface area contributed by atoms with Gasteiger partial charge in [0.1, 0.15) is 0 Å². The minimum atomic E-state index is -1.06. The third-order valence-corrected chi connectivity index (χ3v) is 4.75. The maximum atomic E-state index is 11.3. The first-order valence-corrected chi connectivity index (χ1v) is 8.65. The van der Waals surface area contributed by atoms with Crippen LogP contribution in [0.4, 0.5) is 5.69 Å². The number of hydrogen-bond donors (Lipinski definition) is 1. The lowest BCUT2D eigenvalue weighted by atomic mass is 10.2. The molecule has 0 bridgehead atoms. The van der Waals surface area contributed by atoms with Crippen LogP contribution >= 0.6 is 23.2 Å². The van der Waals surface area contributed by atoms with E-state index in [2.05, 4.69) is 4.99 Å². The van der Waals surface area contributed by atoms with Crippen molar-refractivity contribution in [1.82, 2.24) is 4.57 Å². The van der Waals surface area contributed by atoms with Gasteiger partial charge in [0.05, 0.1) is 21.3 Å². The molecule has 26 heavy (non-hydrogen) atoms. The van der Waals surface area contributed by atoms with E-state index in [0.29, 0.717) is 10.7 Å². The second-order valence-electron chi connectivity index (χ2n) is 5.84. The summed E-state index contributed by atoms with van der Waals surface area (Å²) in [6, 6.07) is 14.3. The largest absolute Gasteiger partial charge is 0.478 e. The second-order valence-corrected chi connectivity index (χ2v) is 6.66. The molecule has 0 saturated carbocycles. The Morgan fingerprint density at radius 1 is 1.08 bits per heavy atom. The normalized spacial score (nSPS) is 11.2. The van der Waals surface area contributed by atoms with Crippen LogP contribution in [0.3, 0.4) is 0 Å². The highest BCUT2D eigenvalue weighted by molar-refractivity contribution is 6.33. The lowest BCUT2D eigenvalue weighted by Gasteiger charge is -2.11. The van der Waals surface area contributed by atoms with Crippen molar-refractivity contribution < 1.29 is 9.90 Å². The van der Waals surface area contributed by atoms with Crippen LogP contribution in [-0.2, 0) is 0 Å². The van der Waals surface area contributed by atoms with Crippen molar-refractivity contribution in [2.24, 2.45) is 4.99 Å². The molecule has 0 radical (unpaired) electrons. The van der Waals surface area contributed by atoms with Crippen molar-refractivity contribution in [2.75, 3.05) is 0 Å². The summed E-state index contributed by atoms with van der Waals surface area (Å²) in [5, 5.41) is 10.1. The Morgan fingerprint density at radius 2 is 1.81 bits per heavy atom. The number of para-hydroxylation sites is 1. The predicted molar refractivity (Wildman–Crippen MR) is 106 cm³/mol. The number of carboxylic acids is 1. The van der Waals surface area contributed by atoms with Crippen molar-refractivity contribution in [1.29, 1.82) is 0 Å². The molecular weight excluding hydrogens is 371 g/mol. The first-order chi connectivity index (χ1) is 12.4. The van der Waals surface area contributed by atoms with Gasteiger partial charge in [-0.25, -0.2) is 4.79 Å². The van der Waals surface area contributed by atoms with Crippen molar-refractivity contribution in [3.05, 3.63) is 81.1 Å². The first-order valence-electron chi connectivity index (χ1n) is 7.89. The minimum Gasteiger partial charge on any atom is -0.478 e. The quantitative estimate of drug-likeness (QED) is 0.571. The molecule has 3 aromatic rings. The first kappa shape index (κ1) is 18.2. The number of halogens is 2. The number of aliphatic imine (C=N–C) groups is 1. The van der Waals surface area contributed by atoms with Crippen LogP contribution in [0.25, 0.3) is 5.69 Å². The van der Waals surface area contributed by atoms with E-state index in [1.165, 1.54) is 0 Å². The summed E-state index contributed by atoms with van der Waals surface area (Å²) in [6.45, 7) is 3.91. The Kier molecular flexibility index (Phi) is 5.16. The fourth-order valence-electron chi connectivity index (χ4n) is 2.83. The average Bonchev–Trinajstić information content (AvgIpc) is 2.88. The third kappa shape index (κ3) is 3.52. The highest BCUT2D eigenvalue weighted by Crippen LogP contribution is 2.26. The standard InChI is InChI=1S/C20H16Cl2N2O2/c1-12-9-14(11-23-19-6-4-3-5-18(19)22)13(2)24(12)15-7-8-17(21)16(10-15)20(25)26/h3-11H,1-2H3,(H,25,26). The highest BCUT2D eigenvalue weighted by atomic mass is 35.5. The monoisotopic (exact) mass is 386 g/mol. The molecule has 0 unspecified atom stereocenters.